The van der Waals surface area contributed by atoms with Gasteiger partial charge in [-0.05, 0) is 100 Å². The number of likely N-dealkylation sites (tertiary alicyclic amines) is 1. The molecule has 25 nitrogen and oxygen atoms in total. The maximum atomic E-state index is 14.6. The Bertz CT molecular complexity index is 2930. The molecule has 0 spiro atoms. The number of likely N-dealkylation sites (N-methyl/N-ethyl adjacent to an activating group) is 2. The van der Waals surface area contributed by atoms with Crippen molar-refractivity contribution in [3.63, 3.8) is 0 Å². The molecule has 2 aliphatic heterocycles. The van der Waals surface area contributed by atoms with Gasteiger partial charge in [-0.25, -0.2) is 9.59 Å². The van der Waals surface area contributed by atoms with Gasteiger partial charge in [0.2, 0.25) is 29.5 Å². The number of nitrogens with one attached hydrogen (secondary N) is 5. The molecule has 0 aliphatic carbocycles. The molecule has 1 unspecified atom stereocenters. The molecule has 0 aromatic heterocycles. The first-order valence-electron chi connectivity index (χ1n) is 33.9. The molecule has 2 aromatic rings. The predicted molar refractivity (Wildman–Crippen MR) is 364 cm³/mol. The number of primary amides is 1. The van der Waals surface area contributed by atoms with Crippen LogP contribution in [0.25, 0.3) is 0 Å². The third-order valence-corrected chi connectivity index (χ3v) is 18.5. The average molecular weight is 1340 g/mol. The lowest BCUT2D eigenvalue weighted by molar-refractivity contribution is -0.149. The Kier molecular flexibility index (Phi) is 33.3. The van der Waals surface area contributed by atoms with E-state index < -0.39 is 84.2 Å². The molecule has 10 amide bonds. The van der Waals surface area contributed by atoms with Crippen LogP contribution in [0.15, 0.2) is 60.7 Å². The number of carbonyl (C=O) groups excluding carboxylic acids is 11. The lowest BCUT2D eigenvalue weighted by Crippen LogP contribution is -2.54. The highest BCUT2D eigenvalue weighted by Crippen LogP contribution is 2.32. The average Bonchev–Trinajstić information content (AvgIpc) is 1.47. The van der Waals surface area contributed by atoms with E-state index >= 15 is 0 Å². The Balaban J connectivity index is 1.39. The van der Waals surface area contributed by atoms with Crippen molar-refractivity contribution in [2.45, 2.75) is 195 Å². The van der Waals surface area contributed by atoms with Gasteiger partial charge in [0.25, 0.3) is 11.8 Å². The van der Waals surface area contributed by atoms with Crippen molar-refractivity contribution < 1.29 is 72.1 Å². The fraction of sp³-hybridized carbons (Fsp3) is 0.648. The second kappa shape index (κ2) is 39.6. The number of benzene rings is 2. The second-order valence-electron chi connectivity index (χ2n) is 27.1. The number of aliphatic hydroxyl groups excluding tert-OH is 1. The van der Waals surface area contributed by atoms with Gasteiger partial charge in [0.1, 0.15) is 6.61 Å². The highest BCUT2D eigenvalue weighted by molar-refractivity contribution is 6.12. The van der Waals surface area contributed by atoms with Crippen LogP contribution < -0.4 is 32.3 Å². The van der Waals surface area contributed by atoms with Crippen LogP contribution in [0.2, 0.25) is 0 Å². The standard InChI is InChI=1S/C71H110N10O15/c1-16-46(9)65(79(13)69(91)53(42(2)3)37-57(84)64(44(6)7)78(11)12)58(94-14)38-62(88)81-40-52(82)36-55(81)66(95-15)47(10)67(89)74-39-54(49-27-23-45(8)24-28-49)76-71(93)96-41-48-25-29-51(30-26-48)75-68(90)50(21-20-33-73-70(72)92)35-56(83)63(43(4)5)77-59(85)22-18-17-19-34-80-60(86)31-32-61(80)87/h23-32,42-44,46-47,50,52-55,58,63-66,82H,16-22,33-41H2,1-15H3,(H,74,89)(H,75,90)(H,76,93)(H,77,85)(H3,72,73,92)/t46-,47+,50+,52-,53-,54?,55-,58+,63-,64-,65-,66+/m0/s1. The number of hydrogen-bond donors (Lipinski definition) is 7. The van der Waals surface area contributed by atoms with Crippen LogP contribution in [0.4, 0.5) is 15.3 Å². The molecule has 4 rings (SSSR count). The summed E-state index contributed by atoms with van der Waals surface area (Å²) in [5.74, 6) is -5.79. The van der Waals surface area contributed by atoms with E-state index in [1.165, 1.54) is 31.3 Å². The van der Waals surface area contributed by atoms with Crippen molar-refractivity contribution in [2.24, 2.45) is 47.2 Å². The van der Waals surface area contributed by atoms with E-state index in [0.717, 1.165) is 10.5 Å². The highest BCUT2D eigenvalue weighted by atomic mass is 16.5. The van der Waals surface area contributed by atoms with Crippen molar-refractivity contribution in [3.05, 3.63) is 77.4 Å². The number of amides is 10. The summed E-state index contributed by atoms with van der Waals surface area (Å²) >= 11 is 0. The van der Waals surface area contributed by atoms with E-state index in [1.54, 1.807) is 57.0 Å². The number of methoxy groups -OCH3 is 2. The smallest absolute Gasteiger partial charge is 0.408 e. The zero-order chi connectivity index (χ0) is 71.7. The largest absolute Gasteiger partial charge is 0.445 e. The fourth-order valence-corrected chi connectivity index (χ4v) is 12.9. The number of alkyl carbamates (subject to hydrolysis) is 1. The topological polar surface area (TPSA) is 335 Å². The number of nitrogens with two attached hydrogens (primary N) is 1. The molecular weight excluding hydrogens is 1230 g/mol. The molecule has 12 atom stereocenters. The monoisotopic (exact) mass is 1340 g/mol. The minimum atomic E-state index is -0.919. The van der Waals surface area contributed by atoms with Gasteiger partial charge in [0.05, 0.1) is 60.9 Å². The summed E-state index contributed by atoms with van der Waals surface area (Å²) in [4.78, 5) is 153. The number of unbranched alkanes of at least 4 members (excludes halogenated alkanes) is 2. The predicted octanol–water partition coefficient (Wildman–Crippen LogP) is 6.38. The first kappa shape index (κ1) is 80.8. The number of nitrogens with zero attached hydrogens (tertiary/aromatic N) is 4. The van der Waals surface area contributed by atoms with Crippen LogP contribution in [-0.2, 0) is 64.0 Å². The molecule has 1 fully saturated rings. The Morgan fingerprint density at radius 3 is 1.95 bits per heavy atom. The van der Waals surface area contributed by atoms with Gasteiger partial charge in [0, 0.05) is 96.4 Å². The number of ketones is 2. The quantitative estimate of drug-likeness (QED) is 0.0281. The molecule has 25 heteroatoms. The fourth-order valence-electron chi connectivity index (χ4n) is 12.9. The van der Waals surface area contributed by atoms with E-state index in [0.29, 0.717) is 48.9 Å². The first-order valence-corrected chi connectivity index (χ1v) is 33.9. The Labute approximate surface area is 567 Å². The number of carbonyl (C=O) groups is 11. The minimum Gasteiger partial charge on any atom is -0.445 e. The molecule has 1 saturated heterocycles. The van der Waals surface area contributed by atoms with Gasteiger partial charge in [-0.3, -0.25) is 53.0 Å². The van der Waals surface area contributed by atoms with E-state index in [1.807, 2.05) is 91.7 Å². The molecule has 2 aliphatic rings. The molecule has 0 radical (unpaired) electrons. The van der Waals surface area contributed by atoms with Crippen LogP contribution in [0.1, 0.15) is 156 Å². The van der Waals surface area contributed by atoms with Gasteiger partial charge in [0.15, 0.2) is 11.6 Å². The van der Waals surface area contributed by atoms with Crippen molar-refractivity contribution >= 4 is 70.7 Å². The summed E-state index contributed by atoms with van der Waals surface area (Å²) in [6.07, 6.45) is 1.77. The maximum absolute atomic E-state index is 14.6. The molecule has 2 heterocycles. The van der Waals surface area contributed by atoms with Crippen molar-refractivity contribution in [2.75, 3.05) is 66.9 Å². The SMILES string of the molecule is CC[C@H](C)[C@@H]([C@@H](CC(=O)N1C[C@@H](O)C[C@H]1[C@H](OC)[C@@H](C)C(=O)NCC(NC(=O)OCc1ccc(NC(=O)[C@H](CCCNC(N)=O)CC(=O)[C@@H](NC(=O)CCCCCN2C(=O)C=CC2=O)C(C)C)cc1)c1ccc(C)cc1)OC)N(C)C(=O)[C@@H](CC(=O)[C@H](C(C)C)N(C)C)C(C)C. The third-order valence-electron chi connectivity index (χ3n) is 18.5. The van der Waals surface area contributed by atoms with Crippen molar-refractivity contribution in [1.29, 1.82) is 0 Å². The molecule has 8 N–H and O–H groups in total. The lowest BCUT2D eigenvalue weighted by Gasteiger charge is -2.41. The van der Waals surface area contributed by atoms with E-state index in [4.69, 9.17) is 19.9 Å². The Morgan fingerprint density at radius 1 is 0.740 bits per heavy atom. The number of Topliss-reactive ketones (excluding diaryl/α,β-unsaturated/α-hetero) is 2. The Hall–Kier alpha value is -7.61. The lowest BCUT2D eigenvalue weighted by atomic mass is 9.83. The van der Waals surface area contributed by atoms with Gasteiger partial charge in [-0.2, -0.15) is 0 Å². The summed E-state index contributed by atoms with van der Waals surface area (Å²) in [6, 6.07) is 9.89. The number of hydrogen-bond acceptors (Lipinski definition) is 16. The van der Waals surface area contributed by atoms with E-state index in [2.05, 4.69) is 26.6 Å². The summed E-state index contributed by atoms with van der Waals surface area (Å²) in [5.41, 5.74) is 7.85. The molecule has 534 valence electrons. The first-order chi connectivity index (χ1) is 45.3. The summed E-state index contributed by atoms with van der Waals surface area (Å²) in [5, 5.41) is 25.2. The molecular formula is C71H110N10O15. The van der Waals surface area contributed by atoms with E-state index in [-0.39, 0.29) is 142 Å². The summed E-state index contributed by atoms with van der Waals surface area (Å²) in [6.45, 7) is 19.1. The van der Waals surface area contributed by atoms with Gasteiger partial charge in [-0.1, -0.05) is 117 Å². The van der Waals surface area contributed by atoms with Crippen LogP contribution in [0.5, 0.6) is 0 Å². The van der Waals surface area contributed by atoms with E-state index in [9.17, 15) is 57.8 Å². The number of urea groups is 1. The number of anilines is 1. The molecule has 2 aromatic carbocycles. The van der Waals surface area contributed by atoms with Gasteiger partial charge in [-0.15, -0.1) is 0 Å². The third kappa shape index (κ3) is 24.5. The second-order valence-corrected chi connectivity index (χ2v) is 27.1. The number of ether oxygens (including phenoxy) is 3. The number of rotatable bonds is 41. The minimum absolute atomic E-state index is 0.0123. The maximum Gasteiger partial charge on any atom is 0.408 e. The van der Waals surface area contributed by atoms with Gasteiger partial charge >= 0.3 is 12.1 Å². The van der Waals surface area contributed by atoms with Crippen molar-refractivity contribution in [1.82, 2.24) is 40.9 Å². The van der Waals surface area contributed by atoms with Crippen LogP contribution >= 0.6 is 0 Å². The summed E-state index contributed by atoms with van der Waals surface area (Å²) in [7, 11) is 8.38. The molecule has 0 bridgehead atoms. The number of imide groups is 1. The van der Waals surface area contributed by atoms with Crippen LogP contribution in [0, 0.1) is 48.3 Å². The highest BCUT2D eigenvalue weighted by Gasteiger charge is 2.46. The van der Waals surface area contributed by atoms with Crippen LogP contribution in [0.3, 0.4) is 0 Å². The zero-order valence-electron chi connectivity index (χ0n) is 59.3. The zero-order valence-corrected chi connectivity index (χ0v) is 59.3. The Morgan fingerprint density at radius 2 is 1.39 bits per heavy atom. The summed E-state index contributed by atoms with van der Waals surface area (Å²) < 4.78 is 17.8. The number of β-amino-alcohol motifs (C(OH)–C–C–N with tert-alkyl or cyclic N) is 1. The normalized spacial score (nSPS) is 17.9. The van der Waals surface area contributed by atoms with Gasteiger partial charge < -0.3 is 61.4 Å². The molecule has 0 saturated carbocycles. The number of aryl methyl sites for hydroxylation is 1. The number of aliphatic hydroxyl groups is 1. The molecule has 96 heavy (non-hydrogen) atoms. The van der Waals surface area contributed by atoms with Crippen LogP contribution in [-0.4, -0.2) is 194 Å². The van der Waals surface area contributed by atoms with Crippen molar-refractivity contribution in [3.8, 4) is 0 Å².